The third-order valence-electron chi connectivity index (χ3n) is 3.95. The van der Waals surface area contributed by atoms with Crippen molar-refractivity contribution in [3.05, 3.63) is 0 Å². The Morgan fingerprint density at radius 1 is 1.28 bits per heavy atom. The predicted molar refractivity (Wildman–Crippen MR) is 64.8 cm³/mol. The van der Waals surface area contributed by atoms with Crippen LogP contribution in [0.4, 0.5) is 0 Å². The molecular formula is C14H20O4. The van der Waals surface area contributed by atoms with Gasteiger partial charge in [0.25, 0.3) is 0 Å². The molecule has 4 nitrogen and oxygen atoms in total. The molecule has 0 aromatic rings. The number of hydrogen-bond acceptors (Lipinski definition) is 4. The highest BCUT2D eigenvalue weighted by Crippen LogP contribution is 2.45. The summed E-state index contributed by atoms with van der Waals surface area (Å²) in [7, 11) is 0. The van der Waals surface area contributed by atoms with Gasteiger partial charge in [0.15, 0.2) is 24.1 Å². The Balaban J connectivity index is 1.73. The van der Waals surface area contributed by atoms with E-state index in [1.54, 1.807) is 0 Å². The molecule has 1 heterocycles. The lowest BCUT2D eigenvalue weighted by atomic mass is 9.96. The molecule has 3 atom stereocenters. The van der Waals surface area contributed by atoms with E-state index in [-0.39, 0.29) is 18.2 Å². The van der Waals surface area contributed by atoms with E-state index < -0.39 is 11.9 Å². The summed E-state index contributed by atoms with van der Waals surface area (Å²) in [5.74, 6) is -1.32. The molecule has 2 aliphatic rings. The Kier molecular flexibility index (Phi) is 4.15. The van der Waals surface area contributed by atoms with E-state index in [4.69, 9.17) is 0 Å². The summed E-state index contributed by atoms with van der Waals surface area (Å²) in [6.07, 6.45) is 6.29. The molecule has 0 aromatic heterocycles. The van der Waals surface area contributed by atoms with Crippen LogP contribution in [0.3, 0.4) is 0 Å². The smallest absolute Gasteiger partial charge is 0.324 e. The van der Waals surface area contributed by atoms with Crippen LogP contribution in [0.15, 0.2) is 0 Å². The van der Waals surface area contributed by atoms with Gasteiger partial charge in [-0.15, -0.1) is 0 Å². The molecule has 0 radical (unpaired) electrons. The maximum Gasteiger partial charge on any atom is 0.324 e. The topological polar surface area (TPSA) is 60.4 Å². The molecular weight excluding hydrogens is 232 g/mol. The van der Waals surface area contributed by atoms with Crippen molar-refractivity contribution in [3.63, 3.8) is 0 Å². The van der Waals surface area contributed by atoms with Crippen molar-refractivity contribution >= 4 is 17.5 Å². The van der Waals surface area contributed by atoms with Crippen LogP contribution in [-0.4, -0.2) is 24.1 Å². The summed E-state index contributed by atoms with van der Waals surface area (Å²) >= 11 is 0. The van der Waals surface area contributed by atoms with Crippen LogP contribution in [0.25, 0.3) is 0 Å². The number of Topliss-reactive ketones (excluding diaryl/α,β-unsaturated/α-hetero) is 2. The van der Waals surface area contributed by atoms with Crippen molar-refractivity contribution in [2.75, 3.05) is 6.61 Å². The summed E-state index contributed by atoms with van der Waals surface area (Å²) in [6, 6.07) is 0. The zero-order chi connectivity index (χ0) is 13.1. The number of cyclic esters (lactones) is 1. The Labute approximate surface area is 107 Å². The van der Waals surface area contributed by atoms with E-state index in [2.05, 4.69) is 11.7 Å². The monoisotopic (exact) mass is 252 g/mol. The predicted octanol–water partition coefficient (Wildman–Crippen LogP) is 1.90. The van der Waals surface area contributed by atoms with Crippen LogP contribution < -0.4 is 0 Å². The highest BCUT2D eigenvalue weighted by Gasteiger charge is 2.45. The van der Waals surface area contributed by atoms with Crippen molar-refractivity contribution in [1.29, 1.82) is 0 Å². The summed E-state index contributed by atoms with van der Waals surface area (Å²) in [5.41, 5.74) is 0. The summed E-state index contributed by atoms with van der Waals surface area (Å²) in [4.78, 5) is 34.5. The molecule has 0 amide bonds. The van der Waals surface area contributed by atoms with Crippen molar-refractivity contribution in [2.24, 2.45) is 17.8 Å². The zero-order valence-electron chi connectivity index (χ0n) is 10.8. The highest BCUT2D eigenvalue weighted by molar-refractivity contribution is 6.20. The Bertz CT molecular complexity index is 345. The molecule has 4 heteroatoms. The molecule has 0 N–H and O–H groups in total. The fourth-order valence-electron chi connectivity index (χ4n) is 2.70. The number of ketones is 2. The summed E-state index contributed by atoms with van der Waals surface area (Å²) in [5, 5.41) is 0. The van der Waals surface area contributed by atoms with Crippen molar-refractivity contribution < 1.29 is 19.1 Å². The van der Waals surface area contributed by atoms with Gasteiger partial charge in [0.2, 0.25) is 0 Å². The molecule has 1 saturated carbocycles. The SMILES string of the molecule is CCCCCC1CC1CC(=O)C1C(=O)COC1=O. The number of hydrogen-bond donors (Lipinski definition) is 0. The largest absolute Gasteiger partial charge is 0.457 e. The van der Waals surface area contributed by atoms with Gasteiger partial charge in [-0.2, -0.15) is 0 Å². The summed E-state index contributed by atoms with van der Waals surface area (Å²) in [6.45, 7) is 1.95. The average Bonchev–Trinajstić information content (AvgIpc) is 2.96. The maximum absolute atomic E-state index is 11.9. The van der Waals surface area contributed by atoms with Gasteiger partial charge in [-0.05, 0) is 18.3 Å². The first-order chi connectivity index (χ1) is 8.63. The van der Waals surface area contributed by atoms with E-state index in [0.29, 0.717) is 18.3 Å². The zero-order valence-corrected chi connectivity index (χ0v) is 10.8. The minimum Gasteiger partial charge on any atom is -0.457 e. The molecule has 18 heavy (non-hydrogen) atoms. The van der Waals surface area contributed by atoms with E-state index in [9.17, 15) is 14.4 Å². The molecule has 2 fully saturated rings. The van der Waals surface area contributed by atoms with Gasteiger partial charge in [-0.3, -0.25) is 14.4 Å². The first kappa shape index (κ1) is 13.2. The van der Waals surface area contributed by atoms with Crippen LogP contribution in [0, 0.1) is 17.8 Å². The van der Waals surface area contributed by atoms with Crippen LogP contribution in [0.1, 0.15) is 45.4 Å². The third-order valence-corrected chi connectivity index (χ3v) is 3.95. The van der Waals surface area contributed by atoms with E-state index in [1.165, 1.54) is 25.7 Å². The number of carbonyl (C=O) groups excluding carboxylic acids is 3. The standard InChI is InChI=1S/C14H20O4/c1-2-3-4-5-9-6-10(9)7-11(15)13-12(16)8-18-14(13)17/h9-10,13H,2-8H2,1H3. The van der Waals surface area contributed by atoms with Crippen LogP contribution in [0.5, 0.6) is 0 Å². The normalized spacial score (nSPS) is 30.4. The van der Waals surface area contributed by atoms with Crippen LogP contribution >= 0.6 is 0 Å². The van der Waals surface area contributed by atoms with Gasteiger partial charge < -0.3 is 4.74 Å². The van der Waals surface area contributed by atoms with Crippen LogP contribution in [0.2, 0.25) is 0 Å². The molecule has 1 saturated heterocycles. The lowest BCUT2D eigenvalue weighted by Crippen LogP contribution is -2.26. The third kappa shape index (κ3) is 2.98. The van der Waals surface area contributed by atoms with Gasteiger partial charge in [0.05, 0.1) is 0 Å². The summed E-state index contributed by atoms with van der Waals surface area (Å²) < 4.78 is 4.60. The van der Waals surface area contributed by atoms with Crippen molar-refractivity contribution in [2.45, 2.75) is 45.4 Å². The molecule has 0 aromatic carbocycles. The maximum atomic E-state index is 11.9. The fraction of sp³-hybridized carbons (Fsp3) is 0.786. The number of rotatable bonds is 7. The minimum atomic E-state index is -1.11. The molecule has 3 unspecified atom stereocenters. The quantitative estimate of drug-likeness (QED) is 0.394. The molecule has 1 aliphatic heterocycles. The Morgan fingerprint density at radius 2 is 2.06 bits per heavy atom. The molecule has 1 aliphatic carbocycles. The van der Waals surface area contributed by atoms with Gasteiger partial charge >= 0.3 is 5.97 Å². The molecule has 100 valence electrons. The second-order valence-corrected chi connectivity index (χ2v) is 5.43. The van der Waals surface area contributed by atoms with Gasteiger partial charge in [0, 0.05) is 6.42 Å². The molecule has 2 rings (SSSR count). The number of ether oxygens (including phenoxy) is 1. The molecule has 0 bridgehead atoms. The van der Waals surface area contributed by atoms with E-state index >= 15 is 0 Å². The highest BCUT2D eigenvalue weighted by atomic mass is 16.5. The van der Waals surface area contributed by atoms with Gasteiger partial charge in [-0.25, -0.2) is 0 Å². The second kappa shape index (κ2) is 5.63. The minimum absolute atomic E-state index is 0.222. The lowest BCUT2D eigenvalue weighted by Gasteiger charge is -2.03. The number of esters is 1. The fourth-order valence-corrected chi connectivity index (χ4v) is 2.70. The number of carbonyl (C=O) groups is 3. The van der Waals surface area contributed by atoms with Crippen molar-refractivity contribution in [1.82, 2.24) is 0 Å². The van der Waals surface area contributed by atoms with Crippen molar-refractivity contribution in [3.8, 4) is 0 Å². The van der Waals surface area contributed by atoms with Gasteiger partial charge in [0.1, 0.15) is 0 Å². The number of unbranched alkanes of at least 4 members (excludes halogenated alkanes) is 2. The first-order valence-electron chi connectivity index (χ1n) is 6.85. The van der Waals surface area contributed by atoms with E-state index in [0.717, 1.165) is 6.42 Å². The van der Waals surface area contributed by atoms with E-state index in [1.807, 2.05) is 0 Å². The Morgan fingerprint density at radius 3 is 2.67 bits per heavy atom. The second-order valence-electron chi connectivity index (χ2n) is 5.43. The Hall–Kier alpha value is -1.19. The first-order valence-corrected chi connectivity index (χ1v) is 6.85. The average molecular weight is 252 g/mol. The van der Waals surface area contributed by atoms with Crippen LogP contribution in [-0.2, 0) is 19.1 Å². The lowest BCUT2D eigenvalue weighted by molar-refractivity contribution is -0.145. The van der Waals surface area contributed by atoms with Gasteiger partial charge in [-0.1, -0.05) is 32.6 Å². The molecule has 0 spiro atoms.